The van der Waals surface area contributed by atoms with Gasteiger partial charge in [-0.2, -0.15) is 4.68 Å². The number of aromatic nitrogens is 7. The average molecular weight is 569 g/mol. The number of rotatable bonds is 5. The average Bonchev–Trinajstić information content (AvgIpc) is 3.63. The second-order valence-electron chi connectivity index (χ2n) is 8.77. The van der Waals surface area contributed by atoms with Gasteiger partial charge in [0.25, 0.3) is 5.56 Å². The maximum atomic E-state index is 13.4. The largest absolute Gasteiger partial charge is 0.339 e. The molecule has 4 heterocycles. The molecule has 1 atom stereocenters. The summed E-state index contributed by atoms with van der Waals surface area (Å²) >= 11 is 12.7. The van der Waals surface area contributed by atoms with Crippen molar-refractivity contribution in [3.63, 3.8) is 0 Å². The molecule has 1 aliphatic heterocycles. The Morgan fingerprint density at radius 1 is 1.03 bits per heavy atom. The molecule has 2 aromatic carbocycles. The van der Waals surface area contributed by atoms with Crippen LogP contribution in [0.25, 0.3) is 28.1 Å². The van der Waals surface area contributed by atoms with Crippen LogP contribution in [0.2, 0.25) is 10.2 Å². The number of tetrazole rings is 1. The molecule has 3 N–H and O–H groups in total. The number of aryl methyl sites for hydroxylation is 1. The standard InChI is InChI=1S/C24H18Cl2N8O3S/c25-15-3-7-19(33-12-28-31-32-33)18(11-15)14-9-16-4-8-20(34(16)21(35)10-14)24-29-22(23(26)30-24)13-1-5-17(6-2-13)38(27,36)37/h1-3,5-7,9-12,20H,4,8H2,(H,29,30)(H2,27,36,37)/t20-/m0/s1. The number of imidazole rings is 1. The molecule has 5 aromatic rings. The van der Waals surface area contributed by atoms with Crippen LogP contribution in [0.15, 0.2) is 70.6 Å². The van der Waals surface area contributed by atoms with Crippen LogP contribution in [0, 0.1) is 0 Å². The second-order valence-corrected chi connectivity index (χ2v) is 11.1. The number of aromatic amines is 1. The Labute approximate surface area is 225 Å². The van der Waals surface area contributed by atoms with Crippen LogP contribution >= 0.6 is 23.2 Å². The van der Waals surface area contributed by atoms with Gasteiger partial charge in [-0.1, -0.05) is 35.3 Å². The Hall–Kier alpha value is -3.84. The number of pyridine rings is 1. The number of halogens is 2. The van der Waals surface area contributed by atoms with Crippen molar-refractivity contribution in [3.05, 3.63) is 93.0 Å². The zero-order chi connectivity index (χ0) is 26.6. The van der Waals surface area contributed by atoms with Gasteiger partial charge in [0.1, 0.15) is 12.2 Å². The number of sulfonamides is 1. The molecule has 192 valence electrons. The monoisotopic (exact) mass is 568 g/mol. The molecular formula is C24H18Cl2N8O3S. The summed E-state index contributed by atoms with van der Waals surface area (Å²) in [7, 11) is -3.81. The van der Waals surface area contributed by atoms with Crippen LogP contribution in [0.1, 0.15) is 24.0 Å². The lowest BCUT2D eigenvalue weighted by atomic mass is 10.0. The third kappa shape index (κ3) is 4.31. The van der Waals surface area contributed by atoms with Gasteiger partial charge in [-0.15, -0.1) is 5.10 Å². The first-order valence-corrected chi connectivity index (χ1v) is 13.7. The summed E-state index contributed by atoms with van der Waals surface area (Å²) < 4.78 is 26.4. The number of fused-ring (bicyclic) bond motifs is 1. The van der Waals surface area contributed by atoms with E-state index in [2.05, 4.69) is 25.5 Å². The van der Waals surface area contributed by atoms with Crippen LogP contribution in [-0.4, -0.2) is 43.2 Å². The Balaban J connectivity index is 1.37. The molecule has 0 radical (unpaired) electrons. The van der Waals surface area contributed by atoms with E-state index in [0.29, 0.717) is 46.2 Å². The minimum absolute atomic E-state index is 0.00729. The van der Waals surface area contributed by atoms with E-state index in [-0.39, 0.29) is 21.6 Å². The van der Waals surface area contributed by atoms with E-state index in [9.17, 15) is 13.2 Å². The Kier molecular flexibility index (Phi) is 5.91. The van der Waals surface area contributed by atoms with Gasteiger partial charge in [0, 0.05) is 27.9 Å². The molecule has 6 rings (SSSR count). The summed E-state index contributed by atoms with van der Waals surface area (Å²) in [5, 5.41) is 17.3. The number of nitrogens with one attached hydrogen (secondary N) is 1. The van der Waals surface area contributed by atoms with Crippen molar-refractivity contribution in [1.29, 1.82) is 0 Å². The van der Waals surface area contributed by atoms with Crippen molar-refractivity contribution in [2.45, 2.75) is 23.8 Å². The molecule has 0 unspecified atom stereocenters. The lowest BCUT2D eigenvalue weighted by Gasteiger charge is -2.15. The Bertz CT molecular complexity index is 1850. The van der Waals surface area contributed by atoms with Crippen LogP contribution < -0.4 is 10.7 Å². The summed E-state index contributed by atoms with van der Waals surface area (Å²) in [4.78, 5) is 21.1. The highest BCUT2D eigenvalue weighted by Crippen LogP contribution is 2.36. The number of H-pyrrole nitrogens is 1. The maximum absolute atomic E-state index is 13.4. The van der Waals surface area contributed by atoms with Crippen molar-refractivity contribution in [1.82, 2.24) is 34.7 Å². The van der Waals surface area contributed by atoms with Gasteiger partial charge < -0.3 is 9.55 Å². The molecule has 0 aliphatic carbocycles. The number of hydrogen-bond donors (Lipinski definition) is 2. The van der Waals surface area contributed by atoms with Crippen molar-refractivity contribution < 1.29 is 8.42 Å². The van der Waals surface area contributed by atoms with Crippen LogP contribution in [0.3, 0.4) is 0 Å². The lowest BCUT2D eigenvalue weighted by molar-refractivity contribution is 0.572. The minimum atomic E-state index is -3.81. The number of hydrogen-bond acceptors (Lipinski definition) is 7. The third-order valence-corrected chi connectivity index (χ3v) is 7.90. The van der Waals surface area contributed by atoms with Gasteiger partial charge in [-0.05, 0) is 65.2 Å². The van der Waals surface area contributed by atoms with Gasteiger partial charge in [0.2, 0.25) is 10.0 Å². The first kappa shape index (κ1) is 24.5. The molecular weight excluding hydrogens is 551 g/mol. The van der Waals surface area contributed by atoms with E-state index in [4.69, 9.17) is 28.3 Å². The topological polar surface area (TPSA) is 154 Å². The minimum Gasteiger partial charge on any atom is -0.339 e. The molecule has 14 heteroatoms. The maximum Gasteiger partial charge on any atom is 0.252 e. The van der Waals surface area contributed by atoms with Gasteiger partial charge in [-0.25, -0.2) is 18.5 Å². The quantitative estimate of drug-likeness (QED) is 0.329. The molecule has 0 saturated heterocycles. The highest BCUT2D eigenvalue weighted by atomic mass is 35.5. The summed E-state index contributed by atoms with van der Waals surface area (Å²) in [6.45, 7) is 0. The van der Waals surface area contributed by atoms with Gasteiger partial charge in [-0.3, -0.25) is 4.79 Å². The predicted molar refractivity (Wildman–Crippen MR) is 141 cm³/mol. The van der Waals surface area contributed by atoms with Gasteiger partial charge in [0.05, 0.1) is 22.3 Å². The fourth-order valence-electron chi connectivity index (χ4n) is 4.75. The normalized spacial score (nSPS) is 15.1. The van der Waals surface area contributed by atoms with E-state index in [1.807, 2.05) is 6.07 Å². The molecule has 0 fully saturated rings. The molecule has 3 aromatic heterocycles. The molecule has 1 aliphatic rings. The number of nitrogens with two attached hydrogens (primary N) is 1. The van der Waals surface area contributed by atoms with E-state index < -0.39 is 10.0 Å². The third-order valence-electron chi connectivity index (χ3n) is 6.46. The van der Waals surface area contributed by atoms with E-state index in [1.165, 1.54) is 23.1 Å². The Morgan fingerprint density at radius 2 is 1.82 bits per heavy atom. The summed E-state index contributed by atoms with van der Waals surface area (Å²) in [5.74, 6) is 0.534. The second kappa shape index (κ2) is 9.17. The van der Waals surface area contributed by atoms with Gasteiger partial charge in [0.15, 0.2) is 5.15 Å². The molecule has 0 saturated carbocycles. The van der Waals surface area contributed by atoms with Gasteiger partial charge >= 0.3 is 0 Å². The predicted octanol–water partition coefficient (Wildman–Crippen LogP) is 3.37. The number of primary sulfonamides is 1. The number of benzene rings is 2. The van der Waals surface area contributed by atoms with E-state index in [1.54, 1.807) is 41.0 Å². The Morgan fingerprint density at radius 3 is 2.53 bits per heavy atom. The first-order valence-electron chi connectivity index (χ1n) is 11.4. The van der Waals surface area contributed by atoms with Crippen LogP contribution in [0.4, 0.5) is 0 Å². The molecule has 0 bridgehead atoms. The van der Waals surface area contributed by atoms with Crippen molar-refractivity contribution >= 4 is 33.2 Å². The molecule has 38 heavy (non-hydrogen) atoms. The van der Waals surface area contributed by atoms with Crippen molar-refractivity contribution in [2.75, 3.05) is 0 Å². The summed E-state index contributed by atoms with van der Waals surface area (Å²) in [6, 6.07) is 14.5. The van der Waals surface area contributed by atoms with Crippen molar-refractivity contribution in [2.24, 2.45) is 5.14 Å². The smallest absolute Gasteiger partial charge is 0.252 e. The highest BCUT2D eigenvalue weighted by Gasteiger charge is 2.29. The molecule has 0 amide bonds. The first-order chi connectivity index (χ1) is 18.2. The summed E-state index contributed by atoms with van der Waals surface area (Å²) in [6.07, 6.45) is 2.76. The van der Waals surface area contributed by atoms with Crippen LogP contribution in [-0.2, 0) is 16.4 Å². The van der Waals surface area contributed by atoms with E-state index >= 15 is 0 Å². The molecule has 11 nitrogen and oxygen atoms in total. The molecule has 0 spiro atoms. The van der Waals surface area contributed by atoms with Crippen molar-refractivity contribution in [3.8, 4) is 28.1 Å². The fraction of sp³-hybridized carbons (Fsp3) is 0.125. The zero-order valence-corrected chi connectivity index (χ0v) is 21.7. The highest BCUT2D eigenvalue weighted by molar-refractivity contribution is 7.89. The van der Waals surface area contributed by atoms with Crippen LogP contribution in [0.5, 0.6) is 0 Å². The summed E-state index contributed by atoms with van der Waals surface area (Å²) in [5.41, 5.74) is 3.90. The fourth-order valence-corrected chi connectivity index (χ4v) is 5.68. The lowest BCUT2D eigenvalue weighted by Crippen LogP contribution is -2.24. The van der Waals surface area contributed by atoms with E-state index in [0.717, 1.165) is 11.3 Å². The zero-order valence-electron chi connectivity index (χ0n) is 19.4. The SMILES string of the molecule is NS(=O)(=O)c1ccc(-c2[nH]c([C@@H]3CCc4cc(-c5cc(Cl)ccc5-n5cnnn5)cc(=O)n43)nc2Cl)cc1. The number of nitrogens with zero attached hydrogens (tertiary/aromatic N) is 6.